The number of benzene rings is 2. The average Bonchev–Trinajstić information content (AvgIpc) is 2.62. The predicted molar refractivity (Wildman–Crippen MR) is 94.6 cm³/mol. The van der Waals surface area contributed by atoms with E-state index in [4.69, 9.17) is 4.74 Å². The number of amides is 1. The summed E-state index contributed by atoms with van der Waals surface area (Å²) in [4.78, 5) is 23.2. The van der Waals surface area contributed by atoms with Crippen LogP contribution in [0.5, 0.6) is 11.5 Å². The van der Waals surface area contributed by atoms with Crippen LogP contribution in [0.2, 0.25) is 0 Å². The molecule has 0 fully saturated rings. The number of carbonyl (C=O) groups is 1. The number of nitrogens with one attached hydrogen (secondary N) is 1. The number of alkyl halides is 3. The molecule has 162 valence electrons. The first-order valence-corrected chi connectivity index (χ1v) is 8.44. The van der Waals surface area contributed by atoms with E-state index < -0.39 is 55.8 Å². The third kappa shape index (κ3) is 4.89. The molecule has 0 aliphatic carbocycles. The Bertz CT molecular complexity index is 969. The topological polar surface area (TPSA) is 81.5 Å². The van der Waals surface area contributed by atoms with Crippen LogP contribution in [0.15, 0.2) is 30.3 Å². The van der Waals surface area contributed by atoms with Gasteiger partial charge in [0, 0.05) is 18.7 Å². The van der Waals surface area contributed by atoms with Crippen LogP contribution in [0.3, 0.4) is 0 Å². The van der Waals surface area contributed by atoms with Crippen LogP contribution < -0.4 is 10.2 Å². The van der Waals surface area contributed by atoms with Gasteiger partial charge in [0.25, 0.3) is 5.69 Å². The zero-order valence-electron chi connectivity index (χ0n) is 16.0. The molecule has 2 rings (SSSR count). The third-order valence-corrected chi connectivity index (χ3v) is 4.00. The summed E-state index contributed by atoms with van der Waals surface area (Å²) in [5.74, 6) is -5.52. The maximum Gasteiger partial charge on any atom is 0.416 e. The van der Waals surface area contributed by atoms with Gasteiger partial charge in [-0.15, -0.1) is 0 Å². The van der Waals surface area contributed by atoms with Gasteiger partial charge in [0.2, 0.25) is 0 Å². The quantitative estimate of drug-likeness (QED) is 0.315. The molecule has 0 spiro atoms. The van der Waals surface area contributed by atoms with Crippen molar-refractivity contribution in [2.75, 3.05) is 20.6 Å². The number of carbonyl (C=O) groups excluding carboxylic acids is 1. The highest BCUT2D eigenvalue weighted by atomic mass is 19.4. The zero-order chi connectivity index (χ0) is 22.9. The van der Waals surface area contributed by atoms with Crippen molar-refractivity contribution in [3.05, 3.63) is 63.2 Å². The normalized spacial score (nSPS) is 12.0. The minimum Gasteiger partial charge on any atom is -0.451 e. The number of quaternary nitrogens is 1. The van der Waals surface area contributed by atoms with Crippen LogP contribution in [0.1, 0.15) is 22.8 Å². The molecule has 0 radical (unpaired) electrons. The first kappa shape index (κ1) is 23.2. The molecule has 0 aliphatic rings. The lowest BCUT2D eigenvalue weighted by atomic mass is 10.1. The van der Waals surface area contributed by atoms with Gasteiger partial charge in [0.1, 0.15) is 5.75 Å². The van der Waals surface area contributed by atoms with Crippen LogP contribution in [-0.2, 0) is 6.18 Å². The molecular weight excluding hydrogens is 417 g/mol. The predicted octanol–water partition coefficient (Wildman–Crippen LogP) is 4.43. The molecule has 0 aliphatic heterocycles. The van der Waals surface area contributed by atoms with E-state index in [2.05, 4.69) is 5.43 Å². The van der Waals surface area contributed by atoms with Crippen molar-refractivity contribution in [2.45, 2.75) is 13.1 Å². The Morgan fingerprint density at radius 2 is 1.73 bits per heavy atom. The zero-order valence-corrected chi connectivity index (χ0v) is 16.0. The summed E-state index contributed by atoms with van der Waals surface area (Å²) >= 11 is 0. The lowest BCUT2D eigenvalue weighted by molar-refractivity contribution is -0.854. The number of nitrogens with zero attached hydrogens (tertiary/aromatic N) is 2. The van der Waals surface area contributed by atoms with Crippen LogP contribution in [0.25, 0.3) is 0 Å². The lowest BCUT2D eigenvalue weighted by Gasteiger charge is -2.25. The van der Waals surface area contributed by atoms with Gasteiger partial charge in [-0.1, -0.05) is 0 Å². The molecule has 0 saturated carbocycles. The Hall–Kier alpha value is -3.12. The molecule has 0 atom stereocenters. The van der Waals surface area contributed by atoms with E-state index in [1.54, 1.807) is 6.92 Å². The molecule has 2 aromatic rings. The highest BCUT2D eigenvalue weighted by Crippen LogP contribution is 2.36. The lowest BCUT2D eigenvalue weighted by Crippen LogP contribution is -2.55. The van der Waals surface area contributed by atoms with Crippen LogP contribution >= 0.6 is 0 Å². The summed E-state index contributed by atoms with van der Waals surface area (Å²) in [5.41, 5.74) is 0.246. The Kier molecular flexibility index (Phi) is 6.42. The van der Waals surface area contributed by atoms with E-state index in [1.807, 2.05) is 0 Å². The van der Waals surface area contributed by atoms with Crippen molar-refractivity contribution in [3.63, 3.8) is 0 Å². The van der Waals surface area contributed by atoms with Gasteiger partial charge in [-0.05, 0) is 25.1 Å². The fourth-order valence-electron chi connectivity index (χ4n) is 2.62. The Morgan fingerprint density at radius 1 is 1.17 bits per heavy atom. The largest absolute Gasteiger partial charge is 0.451 e. The summed E-state index contributed by atoms with van der Waals surface area (Å²) in [5, 5.41) is 11.3. The SMILES string of the molecule is CCN[N+](C)(C)C(=O)c1cc(Oc2c(F)cc(C(F)(F)F)cc2F)ccc1[N+](=O)[O-]. The summed E-state index contributed by atoms with van der Waals surface area (Å²) in [6.45, 7) is 2.06. The van der Waals surface area contributed by atoms with Crippen molar-refractivity contribution in [1.82, 2.24) is 5.43 Å². The van der Waals surface area contributed by atoms with Crippen molar-refractivity contribution in [1.29, 1.82) is 0 Å². The van der Waals surface area contributed by atoms with Crippen molar-refractivity contribution >= 4 is 11.6 Å². The second-order valence-corrected chi connectivity index (χ2v) is 6.58. The van der Waals surface area contributed by atoms with Crippen LogP contribution in [-0.4, -0.2) is 36.1 Å². The Balaban J connectivity index is 2.50. The highest BCUT2D eigenvalue weighted by molar-refractivity contribution is 5.93. The minimum absolute atomic E-state index is 0.0566. The van der Waals surface area contributed by atoms with Crippen molar-refractivity contribution in [2.24, 2.45) is 0 Å². The van der Waals surface area contributed by atoms with E-state index in [0.717, 1.165) is 18.2 Å². The third-order valence-electron chi connectivity index (χ3n) is 4.00. The number of halogens is 5. The summed E-state index contributed by atoms with van der Waals surface area (Å²) in [6, 6.07) is 2.88. The molecule has 0 saturated heterocycles. The smallest absolute Gasteiger partial charge is 0.416 e. The molecule has 12 heteroatoms. The number of hydrogen-bond donors (Lipinski definition) is 1. The molecule has 2 aromatic carbocycles. The van der Waals surface area contributed by atoms with Gasteiger partial charge in [-0.3, -0.25) is 10.1 Å². The van der Waals surface area contributed by atoms with Gasteiger partial charge in [0.05, 0.1) is 24.6 Å². The van der Waals surface area contributed by atoms with E-state index in [-0.39, 0.29) is 17.9 Å². The van der Waals surface area contributed by atoms with Gasteiger partial charge in [-0.25, -0.2) is 13.6 Å². The summed E-state index contributed by atoms with van der Waals surface area (Å²) in [7, 11) is 2.86. The molecule has 7 nitrogen and oxygen atoms in total. The first-order chi connectivity index (χ1) is 13.8. The number of nitro benzene ring substituents is 1. The van der Waals surface area contributed by atoms with E-state index in [9.17, 15) is 36.9 Å². The van der Waals surface area contributed by atoms with E-state index >= 15 is 0 Å². The number of nitro groups is 1. The molecule has 0 aromatic heterocycles. The van der Waals surface area contributed by atoms with E-state index in [1.165, 1.54) is 14.1 Å². The summed E-state index contributed by atoms with van der Waals surface area (Å²) < 4.78 is 70.5. The minimum atomic E-state index is -4.97. The Morgan fingerprint density at radius 3 is 2.20 bits per heavy atom. The summed E-state index contributed by atoms with van der Waals surface area (Å²) in [6.07, 6.45) is -4.97. The maximum absolute atomic E-state index is 14.0. The van der Waals surface area contributed by atoms with Crippen LogP contribution in [0.4, 0.5) is 27.6 Å². The van der Waals surface area contributed by atoms with E-state index in [0.29, 0.717) is 6.54 Å². The fourth-order valence-corrected chi connectivity index (χ4v) is 2.62. The van der Waals surface area contributed by atoms with Crippen molar-refractivity contribution < 1.29 is 41.0 Å². The number of hydrogen-bond acceptors (Lipinski definition) is 5. The van der Waals surface area contributed by atoms with Crippen molar-refractivity contribution in [3.8, 4) is 11.5 Å². The Labute approximate surface area is 167 Å². The monoisotopic (exact) mass is 434 g/mol. The molecule has 1 N–H and O–H groups in total. The van der Waals surface area contributed by atoms with Gasteiger partial charge >= 0.3 is 12.1 Å². The number of ether oxygens (including phenoxy) is 1. The first-order valence-electron chi connectivity index (χ1n) is 8.44. The molecule has 0 bridgehead atoms. The average molecular weight is 434 g/mol. The highest BCUT2D eigenvalue weighted by Gasteiger charge is 2.35. The standard InChI is InChI=1S/C18H17F5N3O4/c1-4-24-26(2,3)17(27)12-9-11(5-6-15(12)25(28)29)30-16-13(19)7-10(8-14(16)20)18(21,22)23/h5-9,24H,4H2,1-3H3/q+1. The molecule has 0 unspecified atom stereocenters. The second kappa shape index (κ2) is 8.32. The molecule has 0 heterocycles. The maximum atomic E-state index is 14.0. The molecule has 30 heavy (non-hydrogen) atoms. The van der Waals surface area contributed by atoms with Gasteiger partial charge < -0.3 is 4.74 Å². The fraction of sp³-hybridized carbons (Fsp3) is 0.278. The number of rotatable bonds is 6. The van der Waals surface area contributed by atoms with Gasteiger partial charge in [0.15, 0.2) is 22.9 Å². The van der Waals surface area contributed by atoms with Gasteiger partial charge in [-0.2, -0.15) is 23.2 Å². The molecular formula is C18H17F5N3O4+. The molecule has 1 amide bonds. The second-order valence-electron chi connectivity index (χ2n) is 6.58. The van der Waals surface area contributed by atoms with Crippen LogP contribution in [0, 0.1) is 21.7 Å².